The van der Waals surface area contributed by atoms with Crippen molar-refractivity contribution >= 4 is 14.0 Å². The average molecular weight is 252 g/mol. The molecule has 0 aliphatic heterocycles. The van der Waals surface area contributed by atoms with Gasteiger partial charge < -0.3 is 0 Å². The third kappa shape index (κ3) is 2.02. The maximum absolute atomic E-state index is 2.42. The molecule has 3 rings (SSSR count). The second kappa shape index (κ2) is 4.71. The summed E-state index contributed by atoms with van der Waals surface area (Å²) in [7, 11) is 0.0319. The van der Waals surface area contributed by atoms with Gasteiger partial charge in [0.2, 0.25) is 0 Å². The van der Waals surface area contributed by atoms with Crippen molar-refractivity contribution in [2.75, 3.05) is 13.3 Å². The van der Waals surface area contributed by atoms with Crippen LogP contribution in [-0.4, -0.2) is 13.3 Å². The summed E-state index contributed by atoms with van der Waals surface area (Å²) in [5.41, 5.74) is 5.63. The van der Waals surface area contributed by atoms with Gasteiger partial charge in [0.25, 0.3) is 0 Å². The molecule has 2 aromatic rings. The fourth-order valence-corrected chi connectivity index (χ4v) is 3.38. The van der Waals surface area contributed by atoms with Crippen LogP contribution in [0.25, 0.3) is 17.2 Å². The lowest BCUT2D eigenvalue weighted by molar-refractivity contribution is 1.29. The SMILES string of the molecule is CP(C)C1=Cc2c(cccc2-c2ccccc2)C1. The van der Waals surface area contributed by atoms with Gasteiger partial charge in [-0.05, 0) is 47.3 Å². The third-order valence-corrected chi connectivity index (χ3v) is 4.97. The van der Waals surface area contributed by atoms with Gasteiger partial charge in [0.1, 0.15) is 0 Å². The Hall–Kier alpha value is -1.39. The third-order valence-electron chi connectivity index (χ3n) is 3.54. The van der Waals surface area contributed by atoms with Crippen LogP contribution in [0, 0.1) is 0 Å². The monoisotopic (exact) mass is 252 g/mol. The summed E-state index contributed by atoms with van der Waals surface area (Å²) in [4.78, 5) is 0. The first-order valence-electron chi connectivity index (χ1n) is 6.31. The summed E-state index contributed by atoms with van der Waals surface area (Å²) in [5.74, 6) is 0. The van der Waals surface area contributed by atoms with Crippen molar-refractivity contribution in [1.82, 2.24) is 0 Å². The zero-order chi connectivity index (χ0) is 12.5. The molecule has 0 nitrogen and oxygen atoms in total. The fraction of sp³-hybridized carbons (Fsp3) is 0.176. The Morgan fingerprint density at radius 3 is 2.39 bits per heavy atom. The van der Waals surface area contributed by atoms with E-state index < -0.39 is 0 Å². The maximum atomic E-state index is 2.42. The van der Waals surface area contributed by atoms with Crippen molar-refractivity contribution in [3.05, 3.63) is 65.0 Å². The van der Waals surface area contributed by atoms with Crippen molar-refractivity contribution in [1.29, 1.82) is 0 Å². The minimum atomic E-state index is 0.0319. The van der Waals surface area contributed by atoms with Gasteiger partial charge in [-0.1, -0.05) is 62.5 Å². The average Bonchev–Trinajstić information content (AvgIpc) is 2.83. The molecule has 0 unspecified atom stereocenters. The van der Waals surface area contributed by atoms with E-state index in [2.05, 4.69) is 67.9 Å². The first-order chi connectivity index (χ1) is 8.75. The summed E-state index contributed by atoms with van der Waals surface area (Å²) < 4.78 is 0. The molecule has 1 aliphatic rings. The largest absolute Gasteiger partial charge is 0.0857 e. The lowest BCUT2D eigenvalue weighted by Gasteiger charge is -2.07. The summed E-state index contributed by atoms with van der Waals surface area (Å²) in [6.45, 7) is 4.68. The fourth-order valence-electron chi connectivity index (χ4n) is 2.51. The van der Waals surface area contributed by atoms with E-state index in [1.807, 2.05) is 0 Å². The molecule has 0 atom stereocenters. The smallest absolute Gasteiger partial charge is 0.00151 e. The zero-order valence-electron chi connectivity index (χ0n) is 10.9. The zero-order valence-corrected chi connectivity index (χ0v) is 11.7. The normalized spacial score (nSPS) is 13.6. The van der Waals surface area contributed by atoms with Crippen LogP contribution in [0.4, 0.5) is 0 Å². The molecule has 0 heterocycles. The van der Waals surface area contributed by atoms with Crippen LogP contribution in [-0.2, 0) is 6.42 Å². The van der Waals surface area contributed by atoms with Crippen LogP contribution in [0.3, 0.4) is 0 Å². The lowest BCUT2D eigenvalue weighted by atomic mass is 9.97. The van der Waals surface area contributed by atoms with Gasteiger partial charge in [-0.15, -0.1) is 0 Å². The van der Waals surface area contributed by atoms with Gasteiger partial charge >= 0.3 is 0 Å². The molecule has 0 spiro atoms. The van der Waals surface area contributed by atoms with E-state index in [9.17, 15) is 0 Å². The molecule has 2 aromatic carbocycles. The number of rotatable bonds is 2. The van der Waals surface area contributed by atoms with Gasteiger partial charge in [-0.3, -0.25) is 0 Å². The van der Waals surface area contributed by atoms with Crippen molar-refractivity contribution < 1.29 is 0 Å². The predicted octanol–water partition coefficient (Wildman–Crippen LogP) is 4.99. The lowest BCUT2D eigenvalue weighted by Crippen LogP contribution is -1.86. The van der Waals surface area contributed by atoms with Gasteiger partial charge in [0, 0.05) is 0 Å². The predicted molar refractivity (Wildman–Crippen MR) is 82.3 cm³/mol. The molecule has 1 aliphatic carbocycles. The van der Waals surface area contributed by atoms with Crippen LogP contribution in [0.15, 0.2) is 53.8 Å². The number of hydrogen-bond donors (Lipinski definition) is 0. The molecular weight excluding hydrogens is 235 g/mol. The van der Waals surface area contributed by atoms with Crippen LogP contribution >= 0.6 is 7.92 Å². The Labute approximate surface area is 110 Å². The van der Waals surface area contributed by atoms with E-state index in [0.29, 0.717) is 0 Å². The molecular formula is C17H17P. The Bertz CT molecular complexity index is 594. The molecule has 0 fully saturated rings. The highest BCUT2D eigenvalue weighted by Crippen LogP contribution is 2.46. The minimum Gasteiger partial charge on any atom is -0.0857 e. The minimum absolute atomic E-state index is 0.0319. The Morgan fingerprint density at radius 1 is 0.889 bits per heavy atom. The van der Waals surface area contributed by atoms with E-state index in [4.69, 9.17) is 0 Å². The molecule has 0 saturated carbocycles. The quantitative estimate of drug-likeness (QED) is 0.660. The second-order valence-electron chi connectivity index (χ2n) is 4.95. The van der Waals surface area contributed by atoms with Crippen LogP contribution in [0.5, 0.6) is 0 Å². The highest BCUT2D eigenvalue weighted by Gasteiger charge is 2.17. The molecule has 0 N–H and O–H groups in total. The van der Waals surface area contributed by atoms with Crippen LogP contribution < -0.4 is 0 Å². The molecule has 0 bridgehead atoms. The molecule has 90 valence electrons. The highest BCUT2D eigenvalue weighted by atomic mass is 31.1. The van der Waals surface area contributed by atoms with E-state index in [1.54, 1.807) is 5.31 Å². The molecule has 1 heteroatoms. The number of benzene rings is 2. The Kier molecular flexibility index (Phi) is 3.06. The molecule has 0 aromatic heterocycles. The summed E-state index contributed by atoms with van der Waals surface area (Å²) in [6, 6.07) is 17.4. The second-order valence-corrected chi connectivity index (χ2v) is 7.31. The first-order valence-corrected chi connectivity index (χ1v) is 8.54. The van der Waals surface area contributed by atoms with Crippen molar-refractivity contribution in [3.63, 3.8) is 0 Å². The summed E-state index contributed by atoms with van der Waals surface area (Å²) in [5, 5.41) is 1.61. The number of hydrogen-bond acceptors (Lipinski definition) is 0. The Balaban J connectivity index is 2.12. The van der Waals surface area contributed by atoms with E-state index in [0.717, 1.165) is 6.42 Å². The number of allylic oxidation sites excluding steroid dienone is 1. The number of fused-ring (bicyclic) bond motifs is 1. The maximum Gasteiger partial charge on any atom is -0.00151 e. The Morgan fingerprint density at radius 2 is 1.67 bits per heavy atom. The van der Waals surface area contributed by atoms with Crippen molar-refractivity contribution in [3.8, 4) is 11.1 Å². The standard InChI is InChI=1S/C17H17P/c1-18(2)15-11-14-9-6-10-16(17(14)12-15)13-7-4-3-5-8-13/h3-10,12H,11H2,1-2H3. The highest BCUT2D eigenvalue weighted by molar-refractivity contribution is 7.60. The van der Waals surface area contributed by atoms with Crippen LogP contribution in [0.2, 0.25) is 0 Å². The van der Waals surface area contributed by atoms with Gasteiger partial charge in [0.05, 0.1) is 0 Å². The van der Waals surface area contributed by atoms with E-state index in [1.165, 1.54) is 22.3 Å². The first kappa shape index (κ1) is 11.7. The molecule has 0 saturated heterocycles. The van der Waals surface area contributed by atoms with E-state index >= 15 is 0 Å². The molecule has 0 amide bonds. The van der Waals surface area contributed by atoms with Gasteiger partial charge in [-0.25, -0.2) is 0 Å². The van der Waals surface area contributed by atoms with Crippen LogP contribution in [0.1, 0.15) is 11.1 Å². The molecule has 0 radical (unpaired) electrons. The van der Waals surface area contributed by atoms with Crippen molar-refractivity contribution in [2.45, 2.75) is 6.42 Å². The van der Waals surface area contributed by atoms with Crippen molar-refractivity contribution in [2.24, 2.45) is 0 Å². The topological polar surface area (TPSA) is 0 Å². The summed E-state index contributed by atoms with van der Waals surface area (Å²) in [6.07, 6.45) is 3.57. The van der Waals surface area contributed by atoms with Gasteiger partial charge in [-0.2, -0.15) is 0 Å². The molecule has 18 heavy (non-hydrogen) atoms. The summed E-state index contributed by atoms with van der Waals surface area (Å²) >= 11 is 0. The van der Waals surface area contributed by atoms with Gasteiger partial charge in [0.15, 0.2) is 0 Å². The van der Waals surface area contributed by atoms with E-state index in [-0.39, 0.29) is 7.92 Å².